The Bertz CT molecular complexity index is 514. The number of amides is 1. The molecule has 0 heterocycles. The first-order chi connectivity index (χ1) is 8.45. The Kier molecular flexibility index (Phi) is 5.26. The second-order valence-electron chi connectivity index (χ2n) is 3.73. The zero-order chi connectivity index (χ0) is 13.6. The lowest BCUT2D eigenvalue weighted by Gasteiger charge is -2.08. The number of rotatable bonds is 6. The molecule has 0 aromatic heterocycles. The van der Waals surface area contributed by atoms with E-state index in [2.05, 4.69) is 10.0 Å². The lowest BCUT2D eigenvalue weighted by atomic mass is 10.2. The Morgan fingerprint density at radius 2 is 2.06 bits per heavy atom. The molecule has 1 rings (SSSR count). The molecule has 0 aliphatic heterocycles. The van der Waals surface area contributed by atoms with Gasteiger partial charge in [-0.15, -0.1) is 0 Å². The first kappa shape index (κ1) is 14.6. The second kappa shape index (κ2) is 6.48. The minimum atomic E-state index is -3.55. The first-order valence-electron chi connectivity index (χ1n) is 5.49. The summed E-state index contributed by atoms with van der Waals surface area (Å²) in [5, 5.41) is 2.51. The van der Waals surface area contributed by atoms with Gasteiger partial charge in [0.05, 0.1) is 4.90 Å². The maximum absolute atomic E-state index is 11.9. The highest BCUT2D eigenvalue weighted by Crippen LogP contribution is 2.10. The quantitative estimate of drug-likeness (QED) is 0.610. The van der Waals surface area contributed by atoms with E-state index < -0.39 is 10.0 Å². The molecule has 0 radical (unpaired) electrons. The molecule has 0 aliphatic rings. The molecule has 18 heavy (non-hydrogen) atoms. The van der Waals surface area contributed by atoms with Crippen molar-refractivity contribution in [3.8, 4) is 0 Å². The number of nitrogens with one attached hydrogen (secondary N) is 2. The minimum absolute atomic E-state index is 0.148. The van der Waals surface area contributed by atoms with Gasteiger partial charge in [-0.3, -0.25) is 4.79 Å². The molecule has 1 amide bonds. The Labute approximate surface area is 107 Å². The summed E-state index contributed by atoms with van der Waals surface area (Å²) in [7, 11) is -3.55. The number of carbonyl (C=O) groups excluding carboxylic acids is 1. The summed E-state index contributed by atoms with van der Waals surface area (Å²) in [6, 6.07) is 6.43. The van der Waals surface area contributed by atoms with Gasteiger partial charge in [-0.1, -0.05) is 12.1 Å². The van der Waals surface area contributed by atoms with E-state index in [0.29, 0.717) is 0 Å². The van der Waals surface area contributed by atoms with Crippen LogP contribution in [0.5, 0.6) is 0 Å². The highest BCUT2D eigenvalue weighted by Gasteiger charge is 2.13. The summed E-state index contributed by atoms with van der Waals surface area (Å²) in [5.74, 6) is -0.195. The molecule has 1 aromatic carbocycles. The molecular weight excluding hydrogens is 254 g/mol. The summed E-state index contributed by atoms with van der Waals surface area (Å²) in [6.07, 6.45) is 0. The van der Waals surface area contributed by atoms with Crippen LogP contribution in [0.15, 0.2) is 29.2 Å². The van der Waals surface area contributed by atoms with Crippen molar-refractivity contribution >= 4 is 15.9 Å². The van der Waals surface area contributed by atoms with E-state index in [1.165, 1.54) is 19.1 Å². The summed E-state index contributed by atoms with van der Waals surface area (Å²) in [4.78, 5) is 10.8. The van der Waals surface area contributed by atoms with Gasteiger partial charge in [0.15, 0.2) is 0 Å². The van der Waals surface area contributed by atoms with Crippen LogP contribution in [0.3, 0.4) is 0 Å². The van der Waals surface area contributed by atoms with Crippen LogP contribution in [0.25, 0.3) is 0 Å². The summed E-state index contributed by atoms with van der Waals surface area (Å²) < 4.78 is 26.2. The molecule has 0 spiro atoms. The topological polar surface area (TPSA) is 101 Å². The Morgan fingerprint density at radius 3 is 2.67 bits per heavy atom. The normalized spacial score (nSPS) is 11.2. The van der Waals surface area contributed by atoms with Crippen molar-refractivity contribution in [1.29, 1.82) is 0 Å². The van der Waals surface area contributed by atoms with E-state index in [1.54, 1.807) is 12.1 Å². The molecule has 6 nitrogen and oxygen atoms in total. The van der Waals surface area contributed by atoms with Crippen molar-refractivity contribution < 1.29 is 13.2 Å². The van der Waals surface area contributed by atoms with Crippen molar-refractivity contribution in [2.45, 2.75) is 18.4 Å². The lowest BCUT2D eigenvalue weighted by molar-refractivity contribution is -0.118. The predicted octanol–water partition coefficient (Wildman–Crippen LogP) is -0.440. The fourth-order valence-electron chi connectivity index (χ4n) is 1.35. The van der Waals surface area contributed by atoms with E-state index in [0.717, 1.165) is 5.56 Å². The highest BCUT2D eigenvalue weighted by atomic mass is 32.2. The third kappa shape index (κ3) is 4.44. The van der Waals surface area contributed by atoms with Gasteiger partial charge >= 0.3 is 0 Å². The summed E-state index contributed by atoms with van der Waals surface area (Å²) in [6.45, 7) is 2.06. The molecule has 0 saturated heterocycles. The molecular formula is C11H17N3O3S. The predicted molar refractivity (Wildman–Crippen MR) is 68.2 cm³/mol. The Morgan fingerprint density at radius 1 is 1.33 bits per heavy atom. The number of hydrogen-bond acceptors (Lipinski definition) is 4. The van der Waals surface area contributed by atoms with E-state index >= 15 is 0 Å². The van der Waals surface area contributed by atoms with E-state index in [9.17, 15) is 13.2 Å². The molecule has 0 atom stereocenters. The number of nitrogens with two attached hydrogens (primary N) is 1. The smallest absolute Gasteiger partial charge is 0.240 e. The molecule has 4 N–H and O–H groups in total. The van der Waals surface area contributed by atoms with Crippen LogP contribution in [-0.2, 0) is 21.4 Å². The summed E-state index contributed by atoms with van der Waals surface area (Å²) in [5.41, 5.74) is 6.20. The largest absolute Gasteiger partial charge is 0.355 e. The van der Waals surface area contributed by atoms with Crippen molar-refractivity contribution in [3.05, 3.63) is 29.8 Å². The van der Waals surface area contributed by atoms with E-state index in [1.807, 2.05) is 0 Å². The molecule has 0 aliphatic carbocycles. The van der Waals surface area contributed by atoms with E-state index in [-0.39, 0.29) is 30.4 Å². The van der Waals surface area contributed by atoms with Crippen LogP contribution in [0, 0.1) is 0 Å². The van der Waals surface area contributed by atoms with Crippen LogP contribution in [0.1, 0.15) is 12.5 Å². The van der Waals surface area contributed by atoms with Crippen LogP contribution in [0.2, 0.25) is 0 Å². The average Bonchev–Trinajstić information content (AvgIpc) is 2.34. The van der Waals surface area contributed by atoms with Gasteiger partial charge in [0.25, 0.3) is 0 Å². The number of hydrogen-bond donors (Lipinski definition) is 3. The van der Waals surface area contributed by atoms with Gasteiger partial charge in [-0.05, 0) is 17.7 Å². The molecule has 7 heteroatoms. The average molecular weight is 271 g/mol. The monoisotopic (exact) mass is 271 g/mol. The zero-order valence-electron chi connectivity index (χ0n) is 10.1. The number of sulfonamides is 1. The van der Waals surface area contributed by atoms with Crippen molar-refractivity contribution in [2.24, 2.45) is 5.73 Å². The Balaban J connectivity index is 2.65. The second-order valence-corrected chi connectivity index (χ2v) is 5.50. The lowest BCUT2D eigenvalue weighted by Crippen LogP contribution is -2.33. The standard InChI is InChI=1S/C11H17N3O3S/c1-9(15)13-5-6-14-18(16,17)11-4-2-3-10(7-11)8-12/h2-4,7,14H,5-6,8,12H2,1H3,(H,13,15). The molecule has 0 saturated carbocycles. The fraction of sp³-hybridized carbons (Fsp3) is 0.364. The molecule has 0 bridgehead atoms. The third-order valence-electron chi connectivity index (χ3n) is 2.24. The van der Waals surface area contributed by atoms with Gasteiger partial charge in [-0.2, -0.15) is 0 Å². The van der Waals surface area contributed by atoms with E-state index in [4.69, 9.17) is 5.73 Å². The number of carbonyl (C=O) groups is 1. The summed E-state index contributed by atoms with van der Waals surface area (Å²) >= 11 is 0. The maximum Gasteiger partial charge on any atom is 0.240 e. The maximum atomic E-state index is 11.9. The van der Waals surface area contributed by atoms with Crippen LogP contribution in [0.4, 0.5) is 0 Å². The molecule has 100 valence electrons. The first-order valence-corrected chi connectivity index (χ1v) is 6.97. The van der Waals surface area contributed by atoms with Gasteiger partial charge in [-0.25, -0.2) is 13.1 Å². The van der Waals surface area contributed by atoms with Gasteiger partial charge in [0.2, 0.25) is 15.9 Å². The van der Waals surface area contributed by atoms with Crippen molar-refractivity contribution in [3.63, 3.8) is 0 Å². The Hall–Kier alpha value is -1.44. The van der Waals surface area contributed by atoms with Crippen LogP contribution < -0.4 is 15.8 Å². The molecule has 0 fully saturated rings. The SMILES string of the molecule is CC(=O)NCCNS(=O)(=O)c1cccc(CN)c1. The van der Waals surface area contributed by atoms with Crippen LogP contribution >= 0.6 is 0 Å². The van der Waals surface area contributed by atoms with Crippen LogP contribution in [-0.4, -0.2) is 27.4 Å². The van der Waals surface area contributed by atoms with Gasteiger partial charge < -0.3 is 11.1 Å². The highest BCUT2D eigenvalue weighted by molar-refractivity contribution is 7.89. The molecule has 1 aromatic rings. The van der Waals surface area contributed by atoms with Gasteiger partial charge in [0.1, 0.15) is 0 Å². The molecule has 0 unspecified atom stereocenters. The van der Waals surface area contributed by atoms with Crippen molar-refractivity contribution in [1.82, 2.24) is 10.0 Å². The fourth-order valence-corrected chi connectivity index (χ4v) is 2.45. The van der Waals surface area contributed by atoms with Crippen molar-refractivity contribution in [2.75, 3.05) is 13.1 Å². The zero-order valence-corrected chi connectivity index (χ0v) is 11.0. The third-order valence-corrected chi connectivity index (χ3v) is 3.69. The minimum Gasteiger partial charge on any atom is -0.355 e. The van der Waals surface area contributed by atoms with Gasteiger partial charge in [0, 0.05) is 26.6 Å². The number of benzene rings is 1.